The highest BCUT2D eigenvalue weighted by atomic mass is 31.1. The molecule has 1 aromatic carbocycles. The zero-order valence-corrected chi connectivity index (χ0v) is 6.96. The minimum atomic E-state index is -0.235. The van der Waals surface area contributed by atoms with Crippen molar-refractivity contribution in [1.29, 1.82) is 0 Å². The second-order valence-corrected chi connectivity index (χ2v) is 2.55. The molecule has 0 atom stereocenters. The van der Waals surface area contributed by atoms with Crippen LogP contribution in [0.25, 0.3) is 0 Å². The van der Waals surface area contributed by atoms with Gasteiger partial charge in [-0.15, -0.1) is 0 Å². The Kier molecular flexibility index (Phi) is 3.81. The Hall–Kier alpha value is -0.720. The number of benzene rings is 1. The van der Waals surface area contributed by atoms with Gasteiger partial charge >= 0.3 is 8.69 Å². The van der Waals surface area contributed by atoms with Gasteiger partial charge in [-0.3, -0.25) is 4.52 Å². The first kappa shape index (κ1) is 8.38. The van der Waals surface area contributed by atoms with Crippen LogP contribution in [0, 0.1) is 0 Å². The van der Waals surface area contributed by atoms with Gasteiger partial charge in [0.05, 0.1) is 6.61 Å². The summed E-state index contributed by atoms with van der Waals surface area (Å²) in [6.07, 6.45) is 0.816. The first-order valence-corrected chi connectivity index (χ1v) is 4.15. The van der Waals surface area contributed by atoms with Crippen molar-refractivity contribution in [2.45, 2.75) is 6.42 Å². The van der Waals surface area contributed by atoms with Crippen molar-refractivity contribution in [3.05, 3.63) is 35.9 Å². The molecule has 0 aliphatic carbocycles. The van der Waals surface area contributed by atoms with Crippen molar-refractivity contribution in [1.82, 2.24) is 0 Å². The quantitative estimate of drug-likeness (QED) is 0.509. The monoisotopic (exact) mass is 168 g/mol. The average Bonchev–Trinajstić information content (AvgIpc) is 2.07. The van der Waals surface area contributed by atoms with Crippen LogP contribution in [0.4, 0.5) is 0 Å². The van der Waals surface area contributed by atoms with Gasteiger partial charge in [0.15, 0.2) is 0 Å². The van der Waals surface area contributed by atoms with Crippen LogP contribution in [-0.2, 0) is 15.5 Å². The Bertz CT molecular complexity index is 211. The summed E-state index contributed by atoms with van der Waals surface area (Å²) in [6, 6.07) is 9.96. The third-order valence-corrected chi connectivity index (χ3v) is 1.67. The van der Waals surface area contributed by atoms with Gasteiger partial charge in [-0.25, -0.2) is 4.57 Å². The highest BCUT2D eigenvalue weighted by Gasteiger charge is 1.89. The molecular weight excluding hydrogens is 159 g/mol. The fraction of sp³-hybridized carbons (Fsp3) is 0.250. The smallest absolute Gasteiger partial charge is 0.294 e. The van der Waals surface area contributed by atoms with E-state index in [1.807, 2.05) is 30.3 Å². The molecule has 0 fully saturated rings. The summed E-state index contributed by atoms with van der Waals surface area (Å²) in [5.74, 6) is 0. The van der Waals surface area contributed by atoms with Crippen LogP contribution in [0.5, 0.6) is 0 Å². The van der Waals surface area contributed by atoms with Crippen LogP contribution in [0.15, 0.2) is 30.3 Å². The summed E-state index contributed by atoms with van der Waals surface area (Å²) in [5.41, 5.74) is 1.20. The molecule has 0 unspecified atom stereocenters. The van der Waals surface area contributed by atoms with E-state index in [0.717, 1.165) is 6.42 Å². The average molecular weight is 168 g/mol. The molecule has 0 N–H and O–H groups in total. The predicted molar refractivity (Wildman–Crippen MR) is 43.7 cm³/mol. The molecular formula is C8H9O2P. The Morgan fingerprint density at radius 3 is 2.64 bits per heavy atom. The molecule has 1 aromatic rings. The van der Waals surface area contributed by atoms with E-state index in [1.54, 1.807) is 0 Å². The molecule has 0 saturated heterocycles. The Labute approximate surface area is 67.5 Å². The van der Waals surface area contributed by atoms with Crippen molar-refractivity contribution < 1.29 is 9.09 Å². The second-order valence-electron chi connectivity index (χ2n) is 2.14. The van der Waals surface area contributed by atoms with Crippen LogP contribution < -0.4 is 0 Å². The van der Waals surface area contributed by atoms with Crippen molar-refractivity contribution in [2.24, 2.45) is 0 Å². The molecule has 0 saturated carbocycles. The van der Waals surface area contributed by atoms with Crippen LogP contribution in [0.1, 0.15) is 5.56 Å². The van der Waals surface area contributed by atoms with Crippen LogP contribution in [0.3, 0.4) is 0 Å². The zero-order chi connectivity index (χ0) is 7.94. The molecule has 11 heavy (non-hydrogen) atoms. The van der Waals surface area contributed by atoms with Crippen molar-refractivity contribution in [2.75, 3.05) is 6.61 Å². The Morgan fingerprint density at radius 2 is 2.00 bits per heavy atom. The second kappa shape index (κ2) is 5.00. The fourth-order valence-electron chi connectivity index (χ4n) is 0.845. The molecule has 0 aliphatic rings. The lowest BCUT2D eigenvalue weighted by atomic mass is 10.2. The molecule has 0 spiro atoms. The Morgan fingerprint density at radius 1 is 1.27 bits per heavy atom. The normalized spacial score (nSPS) is 10.2. The zero-order valence-electron chi connectivity index (χ0n) is 6.06. The van der Waals surface area contributed by atoms with E-state index in [4.69, 9.17) is 0 Å². The van der Waals surface area contributed by atoms with Gasteiger partial charge in [0, 0.05) is 0 Å². The van der Waals surface area contributed by atoms with E-state index < -0.39 is 0 Å². The maximum absolute atomic E-state index is 9.87. The molecule has 0 aliphatic heterocycles. The minimum absolute atomic E-state index is 0.235. The standard InChI is InChI=1S/C8H9O2P/c9-11-10-7-6-8-4-2-1-3-5-8/h1-5H,6-7H2. The summed E-state index contributed by atoms with van der Waals surface area (Å²) < 4.78 is 14.5. The highest BCUT2D eigenvalue weighted by Crippen LogP contribution is 2.02. The van der Waals surface area contributed by atoms with Gasteiger partial charge in [-0.2, -0.15) is 0 Å². The molecule has 1 rings (SSSR count). The van der Waals surface area contributed by atoms with E-state index in [0.29, 0.717) is 6.61 Å². The van der Waals surface area contributed by atoms with Gasteiger partial charge in [-0.1, -0.05) is 30.3 Å². The molecule has 0 radical (unpaired) electrons. The van der Waals surface area contributed by atoms with Gasteiger partial charge in [0.25, 0.3) is 0 Å². The number of hydrogen-bond donors (Lipinski definition) is 0. The topological polar surface area (TPSA) is 26.3 Å². The molecule has 0 aromatic heterocycles. The van der Waals surface area contributed by atoms with E-state index in [1.165, 1.54) is 5.56 Å². The summed E-state index contributed by atoms with van der Waals surface area (Å²) >= 11 is 0. The van der Waals surface area contributed by atoms with Crippen LogP contribution in [-0.4, -0.2) is 6.61 Å². The summed E-state index contributed by atoms with van der Waals surface area (Å²) in [4.78, 5) is 0. The van der Waals surface area contributed by atoms with E-state index in [9.17, 15) is 4.57 Å². The first-order valence-electron chi connectivity index (χ1n) is 3.42. The molecule has 3 heteroatoms. The van der Waals surface area contributed by atoms with Crippen LogP contribution >= 0.6 is 8.69 Å². The van der Waals surface area contributed by atoms with E-state index in [-0.39, 0.29) is 8.69 Å². The summed E-state index contributed by atoms with van der Waals surface area (Å²) in [5, 5.41) is 0. The SMILES string of the molecule is O=POCCc1ccccc1. The largest absolute Gasteiger partial charge is 0.327 e. The Balaban J connectivity index is 2.33. The van der Waals surface area contributed by atoms with Gasteiger partial charge < -0.3 is 0 Å². The van der Waals surface area contributed by atoms with Crippen molar-refractivity contribution >= 4 is 8.69 Å². The lowest BCUT2D eigenvalue weighted by molar-refractivity contribution is 0.347. The maximum atomic E-state index is 9.87. The van der Waals surface area contributed by atoms with E-state index >= 15 is 0 Å². The fourth-order valence-corrected chi connectivity index (χ4v) is 1.01. The van der Waals surface area contributed by atoms with Gasteiger partial charge in [0.2, 0.25) is 0 Å². The third kappa shape index (κ3) is 3.26. The third-order valence-electron chi connectivity index (χ3n) is 1.38. The molecule has 2 nitrogen and oxygen atoms in total. The van der Waals surface area contributed by atoms with E-state index in [2.05, 4.69) is 4.52 Å². The lowest BCUT2D eigenvalue weighted by Crippen LogP contribution is -1.90. The first-order chi connectivity index (χ1) is 5.43. The maximum Gasteiger partial charge on any atom is 0.327 e. The molecule has 0 amide bonds. The van der Waals surface area contributed by atoms with Gasteiger partial charge in [0.1, 0.15) is 0 Å². The van der Waals surface area contributed by atoms with Gasteiger partial charge in [-0.05, 0) is 12.0 Å². The molecule has 58 valence electrons. The molecule has 0 heterocycles. The number of rotatable bonds is 4. The predicted octanol–water partition coefficient (Wildman–Crippen LogP) is 2.45. The minimum Gasteiger partial charge on any atom is -0.294 e. The van der Waals surface area contributed by atoms with Crippen molar-refractivity contribution in [3.8, 4) is 0 Å². The summed E-state index contributed by atoms with van der Waals surface area (Å²) in [7, 11) is -0.235. The molecule has 0 bridgehead atoms. The lowest BCUT2D eigenvalue weighted by Gasteiger charge is -1.96. The van der Waals surface area contributed by atoms with Crippen LogP contribution in [0.2, 0.25) is 0 Å². The highest BCUT2D eigenvalue weighted by molar-refractivity contribution is 7.17. The number of hydrogen-bond acceptors (Lipinski definition) is 2. The summed E-state index contributed by atoms with van der Waals surface area (Å²) in [6.45, 7) is 0.509. The van der Waals surface area contributed by atoms with Crippen molar-refractivity contribution in [3.63, 3.8) is 0 Å².